The van der Waals surface area contributed by atoms with Gasteiger partial charge in [-0.15, -0.1) is 0 Å². The third kappa shape index (κ3) is 9.95. The van der Waals surface area contributed by atoms with E-state index in [4.69, 9.17) is 15.0 Å². The highest BCUT2D eigenvalue weighted by atomic mass is 32.7. The fraction of sp³-hybridized carbons (Fsp3) is 0.800. The van der Waals surface area contributed by atoms with Crippen LogP contribution in [0.5, 0.6) is 0 Å². The van der Waals surface area contributed by atoms with Crippen LogP contribution in [0.25, 0.3) is 0 Å². The molecule has 0 rings (SSSR count). The molecule has 0 aliphatic heterocycles. The van der Waals surface area contributed by atoms with E-state index in [0.29, 0.717) is 36.6 Å². The fourth-order valence-electron chi connectivity index (χ4n) is 0.506. The van der Waals surface area contributed by atoms with Crippen molar-refractivity contribution >= 4 is 18.2 Å². The van der Waals surface area contributed by atoms with Gasteiger partial charge >= 0.3 is 6.80 Å². The third-order valence-electron chi connectivity index (χ3n) is 0.952. The average molecular weight is 210 g/mol. The first kappa shape index (κ1) is 11.9. The Labute approximate surface area is 75.1 Å². The first-order chi connectivity index (χ1) is 5.56. The van der Waals surface area contributed by atoms with Gasteiger partial charge in [-0.2, -0.15) is 5.26 Å². The van der Waals surface area contributed by atoms with Gasteiger partial charge in [0.15, 0.2) is 0 Å². The molecule has 0 radical (unpaired) electrons. The average Bonchev–Trinajstić information content (AvgIpc) is 1.94. The van der Waals surface area contributed by atoms with E-state index >= 15 is 0 Å². The summed E-state index contributed by atoms with van der Waals surface area (Å²) in [4.78, 5) is 16.8. The Morgan fingerprint density at radius 3 is 2.67 bits per heavy atom. The Kier molecular flexibility index (Phi) is 6.44. The van der Waals surface area contributed by atoms with Gasteiger partial charge in [-0.3, -0.25) is 0 Å². The molecule has 7 heteroatoms. The molecule has 3 N–H and O–H groups in total. The second kappa shape index (κ2) is 6.46. The van der Waals surface area contributed by atoms with Crippen LogP contribution >= 0.6 is 18.2 Å². The zero-order chi connectivity index (χ0) is 9.45. The first-order valence-corrected chi connectivity index (χ1v) is 6.54. The van der Waals surface area contributed by atoms with Crippen molar-refractivity contribution in [3.8, 4) is 6.07 Å². The standard InChI is InChI=1S/C5H11N2O3PS/c6-2-1-3-7-4-5-12-11(8,9)10/h7H,1,3-5H2,(H2,8,9,10). The summed E-state index contributed by atoms with van der Waals surface area (Å²) in [5, 5.41) is 11.0. The first-order valence-electron chi connectivity index (χ1n) is 3.34. The van der Waals surface area contributed by atoms with E-state index in [1.54, 1.807) is 0 Å². The van der Waals surface area contributed by atoms with Gasteiger partial charge in [0.25, 0.3) is 0 Å². The monoisotopic (exact) mass is 210 g/mol. The van der Waals surface area contributed by atoms with Gasteiger partial charge in [-0.25, -0.2) is 4.57 Å². The van der Waals surface area contributed by atoms with Gasteiger partial charge < -0.3 is 15.1 Å². The van der Waals surface area contributed by atoms with Crippen LogP contribution < -0.4 is 5.32 Å². The SMILES string of the molecule is N#CCCNCCSP(=O)(O)O. The summed E-state index contributed by atoms with van der Waals surface area (Å²) in [6.07, 6.45) is 0.417. The molecule has 70 valence electrons. The minimum atomic E-state index is -3.91. The van der Waals surface area contributed by atoms with Crippen LogP contribution in [0.3, 0.4) is 0 Å². The van der Waals surface area contributed by atoms with Gasteiger partial charge in [0, 0.05) is 25.3 Å². The second-order valence-corrected chi connectivity index (χ2v) is 5.83. The molecule has 0 amide bonds. The van der Waals surface area contributed by atoms with E-state index in [2.05, 4.69) is 5.32 Å². The van der Waals surface area contributed by atoms with Crippen molar-refractivity contribution in [1.29, 1.82) is 5.26 Å². The zero-order valence-corrected chi connectivity index (χ0v) is 8.14. The quantitative estimate of drug-likeness (QED) is 0.431. The molecule has 0 heterocycles. The summed E-state index contributed by atoms with van der Waals surface area (Å²) < 4.78 is 10.3. The Hall–Kier alpha value is -0.0500. The highest BCUT2D eigenvalue weighted by molar-refractivity contribution is 8.54. The molecular formula is C5H11N2O3PS. The zero-order valence-electron chi connectivity index (χ0n) is 6.43. The molecule has 0 bridgehead atoms. The smallest absolute Gasteiger partial charge is 0.317 e. The highest BCUT2D eigenvalue weighted by Gasteiger charge is 2.11. The molecule has 0 saturated heterocycles. The topological polar surface area (TPSA) is 93.4 Å². The Morgan fingerprint density at radius 1 is 1.50 bits per heavy atom. The van der Waals surface area contributed by atoms with Crippen molar-refractivity contribution in [1.82, 2.24) is 5.32 Å². The van der Waals surface area contributed by atoms with Gasteiger partial charge in [0.05, 0.1) is 6.07 Å². The van der Waals surface area contributed by atoms with Crippen molar-refractivity contribution in [2.24, 2.45) is 0 Å². The predicted octanol–water partition coefficient (Wildman–Crippen LogP) is 0.316. The van der Waals surface area contributed by atoms with E-state index in [1.165, 1.54) is 0 Å². The summed E-state index contributed by atoms with van der Waals surface area (Å²) in [7, 11) is 0. The Morgan fingerprint density at radius 2 is 2.17 bits per heavy atom. The van der Waals surface area contributed by atoms with Crippen LogP contribution in [-0.2, 0) is 4.57 Å². The van der Waals surface area contributed by atoms with E-state index in [-0.39, 0.29) is 0 Å². The predicted molar refractivity (Wildman–Crippen MR) is 47.6 cm³/mol. The Balaban J connectivity index is 3.13. The van der Waals surface area contributed by atoms with Gasteiger partial charge in [0.1, 0.15) is 0 Å². The van der Waals surface area contributed by atoms with Crippen LogP contribution in [-0.4, -0.2) is 28.6 Å². The number of nitriles is 1. The fourth-order valence-corrected chi connectivity index (χ4v) is 1.97. The van der Waals surface area contributed by atoms with Gasteiger partial charge in [0.2, 0.25) is 0 Å². The van der Waals surface area contributed by atoms with Crippen LogP contribution in [0.2, 0.25) is 0 Å². The van der Waals surface area contributed by atoms with Crippen LogP contribution in [0.1, 0.15) is 6.42 Å². The molecule has 0 spiro atoms. The lowest BCUT2D eigenvalue weighted by Crippen LogP contribution is -2.17. The van der Waals surface area contributed by atoms with Crippen molar-refractivity contribution in [3.63, 3.8) is 0 Å². The maximum Gasteiger partial charge on any atom is 0.384 e. The number of nitrogens with zero attached hydrogens (tertiary/aromatic N) is 1. The summed E-state index contributed by atoms with van der Waals surface area (Å²) in [5.74, 6) is 0.357. The van der Waals surface area contributed by atoms with Crippen LogP contribution in [0.4, 0.5) is 0 Å². The summed E-state index contributed by atoms with van der Waals surface area (Å²) >= 11 is 0.613. The number of hydrogen-bond donors (Lipinski definition) is 3. The molecule has 5 nitrogen and oxygen atoms in total. The van der Waals surface area contributed by atoms with Gasteiger partial charge in [-0.05, 0) is 11.4 Å². The number of nitrogens with one attached hydrogen (secondary N) is 1. The molecule has 0 aliphatic carbocycles. The van der Waals surface area contributed by atoms with E-state index in [9.17, 15) is 4.57 Å². The second-order valence-electron chi connectivity index (χ2n) is 1.98. The van der Waals surface area contributed by atoms with Crippen LogP contribution in [0.15, 0.2) is 0 Å². The summed E-state index contributed by atoms with van der Waals surface area (Å²) in [6, 6.07) is 1.95. The molecule has 0 aromatic rings. The van der Waals surface area contributed by atoms with Gasteiger partial charge in [-0.1, -0.05) is 0 Å². The maximum atomic E-state index is 10.3. The molecule has 12 heavy (non-hydrogen) atoms. The number of hydrogen-bond acceptors (Lipinski definition) is 4. The lowest BCUT2D eigenvalue weighted by molar-refractivity contribution is 0.397. The van der Waals surface area contributed by atoms with E-state index in [1.807, 2.05) is 6.07 Å². The Bertz CT molecular complexity index is 199. The lowest BCUT2D eigenvalue weighted by atomic mass is 10.5. The third-order valence-corrected chi connectivity index (χ3v) is 3.23. The molecule has 0 fully saturated rings. The molecule has 0 saturated carbocycles. The van der Waals surface area contributed by atoms with Crippen molar-refractivity contribution in [2.45, 2.75) is 6.42 Å². The van der Waals surface area contributed by atoms with Crippen molar-refractivity contribution in [2.75, 3.05) is 18.8 Å². The minimum Gasteiger partial charge on any atom is -0.317 e. The summed E-state index contributed by atoms with van der Waals surface area (Å²) in [5.41, 5.74) is 0. The van der Waals surface area contributed by atoms with Crippen molar-refractivity contribution in [3.05, 3.63) is 0 Å². The molecule has 0 aromatic carbocycles. The molecule has 0 aromatic heterocycles. The van der Waals surface area contributed by atoms with Crippen molar-refractivity contribution < 1.29 is 14.4 Å². The molecular weight excluding hydrogens is 199 g/mol. The van der Waals surface area contributed by atoms with E-state index in [0.717, 1.165) is 0 Å². The molecule has 0 aliphatic rings. The minimum absolute atomic E-state index is 0.357. The molecule has 0 unspecified atom stereocenters. The van der Waals surface area contributed by atoms with E-state index < -0.39 is 6.80 Å². The number of rotatable bonds is 6. The lowest BCUT2D eigenvalue weighted by Gasteiger charge is -2.02. The van der Waals surface area contributed by atoms with Crippen LogP contribution in [0, 0.1) is 11.3 Å². The summed E-state index contributed by atoms with van der Waals surface area (Å²) in [6.45, 7) is -2.83. The molecule has 0 atom stereocenters. The largest absolute Gasteiger partial charge is 0.384 e. The maximum absolute atomic E-state index is 10.3. The highest BCUT2D eigenvalue weighted by Crippen LogP contribution is 2.49. The normalized spacial score (nSPS) is 11.1.